The highest BCUT2D eigenvalue weighted by Crippen LogP contribution is 1.31. The first-order chi connectivity index (χ1) is 1.91. The molecule has 0 fully saturated rings. The van der Waals surface area contributed by atoms with Crippen molar-refractivity contribution >= 4 is 32.4 Å². The SMILES string of the molecule is [NH2][AlH][O][AlH2]. The van der Waals surface area contributed by atoms with Gasteiger partial charge in [0.2, 0.25) is 0 Å². The molecule has 0 unspecified atom stereocenters. The van der Waals surface area contributed by atoms with Gasteiger partial charge >= 0.3 is 32.4 Å². The van der Waals surface area contributed by atoms with Crippen molar-refractivity contribution in [1.29, 1.82) is 0 Å². The molecule has 0 amide bonds. The van der Waals surface area contributed by atoms with E-state index in [9.17, 15) is 0 Å². The maximum atomic E-state index is 4.98. The molecule has 0 atom stereocenters. The van der Waals surface area contributed by atoms with E-state index in [0.717, 1.165) is 16.6 Å². The summed E-state index contributed by atoms with van der Waals surface area (Å²) >= 11 is 0.313. The van der Waals surface area contributed by atoms with Crippen LogP contribution in [0.4, 0.5) is 0 Å². The molecule has 0 bridgehead atoms. The van der Waals surface area contributed by atoms with Gasteiger partial charge in [-0.3, -0.25) is 0 Å². The fourth-order valence-corrected chi connectivity index (χ4v) is 0. The van der Waals surface area contributed by atoms with Crippen molar-refractivity contribution in [2.75, 3.05) is 0 Å². The predicted octanol–water partition coefficient (Wildman–Crippen LogP) is -2.22. The highest BCUT2D eigenvalue weighted by Gasteiger charge is 1.66. The van der Waals surface area contributed by atoms with Crippen LogP contribution in [0.5, 0.6) is 0 Å². The predicted molar refractivity (Wildman–Crippen MR) is 21.0 cm³/mol. The molecule has 0 saturated heterocycles. The maximum absolute atomic E-state index is 4.98. The monoisotopic (exact) mass is 89.0 g/mol. The van der Waals surface area contributed by atoms with Gasteiger partial charge in [0.25, 0.3) is 0 Å². The fourth-order valence-electron chi connectivity index (χ4n) is 0. The molecule has 0 aliphatic carbocycles. The van der Waals surface area contributed by atoms with Gasteiger partial charge in [0.1, 0.15) is 0 Å². The van der Waals surface area contributed by atoms with E-state index >= 15 is 0 Å². The Hall–Kier alpha value is 0.985. The summed E-state index contributed by atoms with van der Waals surface area (Å²) in [7, 11) is 0. The van der Waals surface area contributed by atoms with Crippen molar-refractivity contribution in [3.63, 3.8) is 0 Å². The second-order valence-electron chi connectivity index (χ2n) is 0.455. The van der Waals surface area contributed by atoms with E-state index in [4.69, 9.17) is 4.72 Å². The van der Waals surface area contributed by atoms with Gasteiger partial charge in [0.15, 0.2) is 0 Å². The van der Waals surface area contributed by atoms with Crippen LogP contribution in [0, 0.1) is 0 Å². The van der Waals surface area contributed by atoms with E-state index in [1.165, 1.54) is 0 Å². The molecule has 0 aromatic rings. The van der Waals surface area contributed by atoms with Gasteiger partial charge in [0, 0.05) is 0 Å². The van der Waals surface area contributed by atoms with Crippen molar-refractivity contribution in [1.82, 2.24) is 0 Å². The Labute approximate surface area is 40.3 Å². The van der Waals surface area contributed by atoms with Crippen LogP contribution in [0.15, 0.2) is 0 Å². The van der Waals surface area contributed by atoms with Crippen LogP contribution in [-0.2, 0) is 2.84 Å². The fraction of sp³-hybridized carbons (Fsp3) is 0. The first kappa shape index (κ1) is 4.98. The Bertz CT molecular complexity index is 8.00. The molecule has 4 heteroatoms. The highest BCUT2D eigenvalue weighted by molar-refractivity contribution is 6.30. The zero-order valence-corrected chi connectivity index (χ0v) is 6.11. The van der Waals surface area contributed by atoms with E-state index in [0.29, 0.717) is 0 Å². The largest absolute Gasteiger partial charge is 0.632 e. The van der Waals surface area contributed by atoms with Crippen molar-refractivity contribution < 1.29 is 2.84 Å². The van der Waals surface area contributed by atoms with E-state index in [1.54, 1.807) is 0 Å². The molecule has 0 aromatic carbocycles. The molecular formula is H5Al2NO. The third-order valence-electron chi connectivity index (χ3n) is 0.167. The van der Waals surface area contributed by atoms with Crippen LogP contribution >= 0.6 is 0 Å². The Morgan fingerprint density at radius 3 is 2.25 bits per heavy atom. The molecule has 0 rings (SSSR count). The minimum Gasteiger partial charge on any atom is -0.632 e. The number of hydrogen-bond acceptors (Lipinski definition) is 2. The Morgan fingerprint density at radius 1 is 2.00 bits per heavy atom. The first-order valence-electron chi connectivity index (χ1n) is 1.11. The van der Waals surface area contributed by atoms with E-state index in [1.807, 2.05) is 0 Å². The average Bonchev–Trinajstić information content (AvgIpc) is 1.37. The summed E-state index contributed by atoms with van der Waals surface area (Å²) in [6.07, 6.45) is 0. The second-order valence-corrected chi connectivity index (χ2v) is 3.10. The van der Waals surface area contributed by atoms with Crippen LogP contribution in [0.25, 0.3) is 0 Å². The minimum absolute atomic E-state index is 0.514. The van der Waals surface area contributed by atoms with Gasteiger partial charge in [0.05, 0.1) is 0 Å². The van der Waals surface area contributed by atoms with Crippen molar-refractivity contribution in [2.24, 2.45) is 4.72 Å². The van der Waals surface area contributed by atoms with Gasteiger partial charge in [-0.05, 0) is 0 Å². The summed E-state index contributed by atoms with van der Waals surface area (Å²) in [4.78, 5) is 0. The van der Waals surface area contributed by atoms with Crippen molar-refractivity contribution in [3.05, 3.63) is 0 Å². The molecule has 0 aliphatic heterocycles. The molecule has 0 spiro atoms. The van der Waals surface area contributed by atoms with E-state index < -0.39 is 15.8 Å². The summed E-state index contributed by atoms with van der Waals surface area (Å²) < 4.78 is 9.58. The lowest BCUT2D eigenvalue weighted by Gasteiger charge is -1.75. The molecule has 2 N–H and O–H groups in total. The smallest absolute Gasteiger partial charge is 0.517 e. The number of rotatable bonds is 1. The molecule has 0 aliphatic rings. The van der Waals surface area contributed by atoms with Crippen molar-refractivity contribution in [2.45, 2.75) is 0 Å². The highest BCUT2D eigenvalue weighted by atomic mass is 27.2. The third kappa shape index (κ3) is 2.98. The third-order valence-corrected chi connectivity index (χ3v) is 1.50. The average molecular weight is 89.0 g/mol. The Morgan fingerprint density at radius 2 is 2.25 bits per heavy atom. The van der Waals surface area contributed by atoms with Gasteiger partial charge in [-0.1, -0.05) is 0 Å². The lowest BCUT2D eigenvalue weighted by Crippen LogP contribution is -2.06. The molecule has 0 aromatic heterocycles. The van der Waals surface area contributed by atoms with Crippen LogP contribution in [0.1, 0.15) is 0 Å². The Kier molecular flexibility index (Phi) is 4.97. The molecule has 4 heavy (non-hydrogen) atoms. The molecule has 0 radical (unpaired) electrons. The minimum atomic E-state index is -0.514. The number of hydrogen-bond donors (Lipinski definition) is 1. The molecule has 0 saturated carbocycles. The molecular weight excluding hydrogens is 84.0 g/mol. The maximum Gasteiger partial charge on any atom is 0.517 e. The van der Waals surface area contributed by atoms with Gasteiger partial charge in [-0.15, -0.1) is 0 Å². The zero-order chi connectivity index (χ0) is 3.41. The van der Waals surface area contributed by atoms with Crippen molar-refractivity contribution in [3.8, 4) is 0 Å². The van der Waals surface area contributed by atoms with E-state index in [2.05, 4.69) is 2.84 Å². The van der Waals surface area contributed by atoms with Crippen LogP contribution in [0.2, 0.25) is 0 Å². The molecule has 0 heterocycles. The van der Waals surface area contributed by atoms with Gasteiger partial charge in [-0.25, -0.2) is 0 Å². The first-order valence-corrected chi connectivity index (χ1v) is 3.32. The van der Waals surface area contributed by atoms with Crippen LogP contribution in [-0.4, -0.2) is 32.4 Å². The molecule has 22 valence electrons. The lowest BCUT2D eigenvalue weighted by molar-refractivity contribution is 0.665. The normalized spacial score (nSPS) is 6.25. The van der Waals surface area contributed by atoms with Gasteiger partial charge < -0.3 is 7.56 Å². The molecule has 2 nitrogen and oxygen atoms in total. The zero-order valence-electron chi connectivity index (χ0n) is 2.69. The summed E-state index contributed by atoms with van der Waals surface area (Å²) in [5.41, 5.74) is 0. The summed E-state index contributed by atoms with van der Waals surface area (Å²) in [5, 5.41) is 0. The number of nitrogens with two attached hydrogens (primary N) is 1. The van der Waals surface area contributed by atoms with Crippen LogP contribution < -0.4 is 4.72 Å². The topological polar surface area (TPSA) is 35.2 Å². The second kappa shape index (κ2) is 3.98. The standard InChI is InChI=1S/2Al.H2N.O.3H/h;;1H2;;;;/q;+1;-1;;;;. The Balaban J connectivity index is 1.97. The summed E-state index contributed by atoms with van der Waals surface area (Å²) in [6.45, 7) is 0. The van der Waals surface area contributed by atoms with E-state index in [-0.39, 0.29) is 0 Å². The van der Waals surface area contributed by atoms with Crippen LogP contribution in [0.3, 0.4) is 0 Å². The lowest BCUT2D eigenvalue weighted by atomic mass is 13.9. The summed E-state index contributed by atoms with van der Waals surface area (Å²) in [5.74, 6) is 0. The van der Waals surface area contributed by atoms with Gasteiger partial charge in [-0.2, -0.15) is 0 Å². The quantitative estimate of drug-likeness (QED) is 0.369. The summed E-state index contributed by atoms with van der Waals surface area (Å²) in [6, 6.07) is 0.